The Bertz CT molecular complexity index is 1280. The lowest BCUT2D eigenvalue weighted by atomic mass is 10.1. The molecule has 0 bridgehead atoms. The topological polar surface area (TPSA) is 95.9 Å². The lowest BCUT2D eigenvalue weighted by molar-refractivity contribution is -0.123. The van der Waals surface area contributed by atoms with Crippen LogP contribution in [0.3, 0.4) is 0 Å². The minimum Gasteiger partial charge on any atom is -0.488 e. The standard InChI is InChI=1S/C26H21BrN2O5/c1-16-2-4-17(5-3-16)14-29-24(30)22(28-26(29)33)13-20-12-21(27)10-11-23(20)34-15-18-6-8-19(9-7-18)25(31)32/h2-13H,14-15H2,1H3,(H,28,33)(H,31,32)/b22-13+. The molecule has 0 saturated carbocycles. The number of carboxylic acid groups (broad SMARTS) is 1. The summed E-state index contributed by atoms with van der Waals surface area (Å²) in [5.41, 5.74) is 3.71. The monoisotopic (exact) mass is 520 g/mol. The Labute approximate surface area is 204 Å². The zero-order chi connectivity index (χ0) is 24.2. The Morgan fingerprint density at radius 2 is 1.71 bits per heavy atom. The van der Waals surface area contributed by atoms with Crippen LogP contribution in [0.15, 0.2) is 76.9 Å². The molecule has 0 spiro atoms. The lowest BCUT2D eigenvalue weighted by Crippen LogP contribution is -2.30. The highest BCUT2D eigenvalue weighted by Gasteiger charge is 2.33. The first-order chi connectivity index (χ1) is 16.3. The number of benzene rings is 3. The van der Waals surface area contributed by atoms with Gasteiger partial charge in [-0.3, -0.25) is 9.69 Å². The summed E-state index contributed by atoms with van der Waals surface area (Å²) in [6, 6.07) is 18.9. The number of carbonyl (C=O) groups is 3. The van der Waals surface area contributed by atoms with Crippen LogP contribution in [0, 0.1) is 6.92 Å². The van der Waals surface area contributed by atoms with Crippen LogP contribution < -0.4 is 10.1 Å². The maximum Gasteiger partial charge on any atom is 0.335 e. The van der Waals surface area contributed by atoms with E-state index in [4.69, 9.17) is 9.84 Å². The van der Waals surface area contributed by atoms with Gasteiger partial charge in [-0.05, 0) is 54.5 Å². The van der Waals surface area contributed by atoms with Crippen LogP contribution in [-0.4, -0.2) is 27.9 Å². The molecule has 172 valence electrons. The third-order valence-corrected chi connectivity index (χ3v) is 5.78. The summed E-state index contributed by atoms with van der Waals surface area (Å²) in [5.74, 6) is -0.896. The average molecular weight is 521 g/mol. The molecular weight excluding hydrogens is 500 g/mol. The van der Waals surface area contributed by atoms with Crippen LogP contribution in [-0.2, 0) is 17.9 Å². The number of amides is 3. The molecule has 0 unspecified atom stereocenters. The third kappa shape index (κ3) is 5.35. The van der Waals surface area contributed by atoms with E-state index in [0.29, 0.717) is 11.3 Å². The maximum absolute atomic E-state index is 12.9. The summed E-state index contributed by atoms with van der Waals surface area (Å²) in [6.07, 6.45) is 1.59. The highest BCUT2D eigenvalue weighted by molar-refractivity contribution is 9.10. The van der Waals surface area contributed by atoms with Gasteiger partial charge in [0, 0.05) is 10.0 Å². The van der Waals surface area contributed by atoms with Crippen LogP contribution in [0.2, 0.25) is 0 Å². The van der Waals surface area contributed by atoms with Crippen molar-refractivity contribution in [3.63, 3.8) is 0 Å². The SMILES string of the molecule is Cc1ccc(CN2C(=O)N/C(=C/c3cc(Br)ccc3OCc3ccc(C(=O)O)cc3)C2=O)cc1. The molecule has 7 nitrogen and oxygen atoms in total. The van der Waals surface area contributed by atoms with Gasteiger partial charge < -0.3 is 15.2 Å². The van der Waals surface area contributed by atoms with E-state index in [9.17, 15) is 14.4 Å². The zero-order valence-corrected chi connectivity index (χ0v) is 19.8. The highest BCUT2D eigenvalue weighted by atomic mass is 79.9. The van der Waals surface area contributed by atoms with E-state index in [-0.39, 0.29) is 24.4 Å². The van der Waals surface area contributed by atoms with E-state index in [1.54, 1.807) is 30.3 Å². The number of hydrogen-bond donors (Lipinski definition) is 2. The van der Waals surface area contributed by atoms with Gasteiger partial charge >= 0.3 is 12.0 Å². The van der Waals surface area contributed by atoms with Gasteiger partial charge in [-0.1, -0.05) is 57.9 Å². The number of nitrogens with zero attached hydrogens (tertiary/aromatic N) is 1. The Morgan fingerprint density at radius 1 is 1.03 bits per heavy atom. The van der Waals surface area contributed by atoms with Gasteiger partial charge in [-0.2, -0.15) is 0 Å². The van der Waals surface area contributed by atoms with Crippen molar-refractivity contribution >= 4 is 39.9 Å². The summed E-state index contributed by atoms with van der Waals surface area (Å²) in [7, 11) is 0. The number of imide groups is 1. The Hall–Kier alpha value is -3.91. The first-order valence-electron chi connectivity index (χ1n) is 10.4. The molecule has 0 radical (unpaired) electrons. The summed E-state index contributed by atoms with van der Waals surface area (Å²) in [6.45, 7) is 2.36. The number of rotatable bonds is 7. The number of nitrogens with one attached hydrogen (secondary N) is 1. The van der Waals surface area contributed by atoms with E-state index in [2.05, 4.69) is 21.2 Å². The Morgan fingerprint density at radius 3 is 2.38 bits per heavy atom. The maximum atomic E-state index is 12.9. The smallest absolute Gasteiger partial charge is 0.335 e. The fourth-order valence-corrected chi connectivity index (χ4v) is 3.79. The zero-order valence-electron chi connectivity index (χ0n) is 18.2. The van der Waals surface area contributed by atoms with Crippen LogP contribution in [0.5, 0.6) is 5.75 Å². The number of hydrogen-bond acceptors (Lipinski definition) is 4. The lowest BCUT2D eigenvalue weighted by Gasteiger charge is -2.12. The number of aromatic carboxylic acids is 1. The quantitative estimate of drug-likeness (QED) is 0.332. The number of ether oxygens (including phenoxy) is 1. The van der Waals surface area contributed by atoms with Crippen LogP contribution in [0.1, 0.15) is 32.6 Å². The fourth-order valence-electron chi connectivity index (χ4n) is 3.41. The van der Waals surface area contributed by atoms with E-state index in [1.807, 2.05) is 37.3 Å². The Kier molecular flexibility index (Phi) is 6.79. The van der Waals surface area contributed by atoms with Crippen molar-refractivity contribution in [3.8, 4) is 5.75 Å². The molecule has 3 amide bonds. The molecule has 1 aliphatic heterocycles. The Balaban J connectivity index is 1.52. The molecule has 1 saturated heterocycles. The second-order valence-electron chi connectivity index (χ2n) is 7.84. The van der Waals surface area contributed by atoms with E-state index < -0.39 is 17.9 Å². The second kappa shape index (κ2) is 9.93. The van der Waals surface area contributed by atoms with Crippen molar-refractivity contribution in [1.82, 2.24) is 10.2 Å². The molecule has 1 aliphatic rings. The summed E-state index contributed by atoms with van der Waals surface area (Å²) in [5, 5.41) is 11.7. The first kappa shape index (κ1) is 23.3. The summed E-state index contributed by atoms with van der Waals surface area (Å²) < 4.78 is 6.72. The van der Waals surface area contributed by atoms with Gasteiger partial charge in [0.25, 0.3) is 5.91 Å². The molecule has 8 heteroatoms. The van der Waals surface area contributed by atoms with E-state index in [1.165, 1.54) is 17.0 Å². The van der Waals surface area contributed by atoms with Crippen molar-refractivity contribution in [2.45, 2.75) is 20.1 Å². The van der Waals surface area contributed by atoms with Crippen LogP contribution in [0.4, 0.5) is 4.79 Å². The van der Waals surface area contributed by atoms with E-state index >= 15 is 0 Å². The molecule has 4 rings (SSSR count). The number of carbonyl (C=O) groups excluding carboxylic acids is 2. The number of halogens is 1. The van der Waals surface area contributed by atoms with Gasteiger partial charge in [-0.25, -0.2) is 9.59 Å². The molecule has 34 heavy (non-hydrogen) atoms. The van der Waals surface area contributed by atoms with Gasteiger partial charge in [0.15, 0.2) is 0 Å². The number of aryl methyl sites for hydroxylation is 1. The normalized spacial score (nSPS) is 14.4. The molecule has 3 aromatic rings. The van der Waals surface area contributed by atoms with Crippen molar-refractivity contribution in [3.05, 3.63) is 105 Å². The minimum atomic E-state index is -0.992. The first-order valence-corrected chi connectivity index (χ1v) is 11.2. The highest BCUT2D eigenvalue weighted by Crippen LogP contribution is 2.28. The molecule has 0 aromatic heterocycles. The van der Waals surface area contributed by atoms with Crippen molar-refractivity contribution in [2.75, 3.05) is 0 Å². The van der Waals surface area contributed by atoms with Gasteiger partial charge in [0.05, 0.1) is 12.1 Å². The predicted molar refractivity (Wildman–Crippen MR) is 130 cm³/mol. The van der Waals surface area contributed by atoms with E-state index in [0.717, 1.165) is 21.2 Å². The molecular formula is C26H21BrN2O5. The molecule has 3 aromatic carbocycles. The molecule has 0 aliphatic carbocycles. The summed E-state index contributed by atoms with van der Waals surface area (Å²) >= 11 is 3.43. The van der Waals surface area contributed by atoms with Gasteiger partial charge in [0.2, 0.25) is 0 Å². The molecule has 1 fully saturated rings. The predicted octanol–water partition coefficient (Wildman–Crippen LogP) is 5.13. The average Bonchev–Trinajstić information content (AvgIpc) is 3.07. The van der Waals surface area contributed by atoms with Gasteiger partial charge in [-0.15, -0.1) is 0 Å². The third-order valence-electron chi connectivity index (χ3n) is 5.29. The number of carboxylic acids is 1. The molecule has 2 N–H and O–H groups in total. The van der Waals surface area contributed by atoms with Crippen molar-refractivity contribution < 1.29 is 24.2 Å². The number of urea groups is 1. The minimum absolute atomic E-state index is 0.158. The molecule has 1 heterocycles. The molecule has 0 atom stereocenters. The largest absolute Gasteiger partial charge is 0.488 e. The van der Waals surface area contributed by atoms with Crippen molar-refractivity contribution in [1.29, 1.82) is 0 Å². The van der Waals surface area contributed by atoms with Crippen LogP contribution in [0.25, 0.3) is 6.08 Å². The fraction of sp³-hybridized carbons (Fsp3) is 0.115. The summed E-state index contributed by atoms with van der Waals surface area (Å²) in [4.78, 5) is 37.6. The van der Waals surface area contributed by atoms with Crippen LogP contribution >= 0.6 is 15.9 Å². The van der Waals surface area contributed by atoms with Gasteiger partial charge in [0.1, 0.15) is 18.1 Å². The van der Waals surface area contributed by atoms with Crippen molar-refractivity contribution in [2.24, 2.45) is 0 Å². The second-order valence-corrected chi connectivity index (χ2v) is 8.75.